The maximum absolute atomic E-state index is 13.8. The van der Waals surface area contributed by atoms with Gasteiger partial charge in [0, 0.05) is 41.7 Å². The molecule has 34 heavy (non-hydrogen) atoms. The highest BCUT2D eigenvalue weighted by Crippen LogP contribution is 2.32. The number of para-hydroxylation sites is 1. The van der Waals surface area contributed by atoms with Crippen molar-refractivity contribution in [3.8, 4) is 5.75 Å². The number of amides is 1. The standard InChI is InChI=1S/C27H29N5O2/c1-18-14-23-17-29-19(2)32(23)26(30-18)24-9-6-7-13-31(24)27(33)21-11-12-28-22(16-21)15-20-8-4-5-10-25(20)34-3/h4-5,8,10-12,14,16-17,24H,6-7,9,13,15H2,1-3H3/t24-/m0/s1. The molecular weight excluding hydrogens is 426 g/mol. The zero-order valence-corrected chi connectivity index (χ0v) is 19.9. The average Bonchev–Trinajstić information content (AvgIpc) is 3.24. The summed E-state index contributed by atoms with van der Waals surface area (Å²) in [6.07, 6.45) is 7.13. The highest BCUT2D eigenvalue weighted by molar-refractivity contribution is 5.94. The van der Waals surface area contributed by atoms with Gasteiger partial charge >= 0.3 is 0 Å². The number of likely N-dealkylation sites (tertiary alicyclic amines) is 1. The molecule has 0 spiro atoms. The Kier molecular flexibility index (Phi) is 6.01. The van der Waals surface area contributed by atoms with Gasteiger partial charge in [0.05, 0.1) is 24.9 Å². The van der Waals surface area contributed by atoms with Crippen LogP contribution in [0.4, 0.5) is 0 Å². The second-order valence-corrected chi connectivity index (χ2v) is 8.86. The van der Waals surface area contributed by atoms with Gasteiger partial charge in [0.2, 0.25) is 0 Å². The van der Waals surface area contributed by atoms with Crippen molar-refractivity contribution in [1.82, 2.24) is 24.3 Å². The molecule has 0 radical (unpaired) electrons. The van der Waals surface area contributed by atoms with E-state index in [1.165, 1.54) is 0 Å². The van der Waals surface area contributed by atoms with Gasteiger partial charge < -0.3 is 9.64 Å². The number of hydrogen-bond acceptors (Lipinski definition) is 5. The summed E-state index contributed by atoms with van der Waals surface area (Å²) in [6.45, 7) is 4.68. The summed E-state index contributed by atoms with van der Waals surface area (Å²) in [5, 5.41) is 0. The molecule has 0 N–H and O–H groups in total. The van der Waals surface area contributed by atoms with Crippen molar-refractivity contribution in [2.24, 2.45) is 0 Å². The number of rotatable bonds is 5. The first-order valence-corrected chi connectivity index (χ1v) is 11.7. The summed E-state index contributed by atoms with van der Waals surface area (Å²) in [5.74, 6) is 2.62. The molecule has 4 heterocycles. The molecule has 0 saturated carbocycles. The van der Waals surface area contributed by atoms with E-state index in [2.05, 4.69) is 14.4 Å². The number of piperidine rings is 1. The Bertz CT molecular complexity index is 1350. The first-order valence-electron chi connectivity index (χ1n) is 11.7. The lowest BCUT2D eigenvalue weighted by Gasteiger charge is -2.36. The summed E-state index contributed by atoms with van der Waals surface area (Å²) in [4.78, 5) is 29.6. The smallest absolute Gasteiger partial charge is 0.254 e. The first kappa shape index (κ1) is 22.1. The second-order valence-electron chi connectivity index (χ2n) is 8.86. The lowest BCUT2D eigenvalue weighted by molar-refractivity contribution is 0.0597. The van der Waals surface area contributed by atoms with E-state index < -0.39 is 0 Å². The summed E-state index contributed by atoms with van der Waals surface area (Å²) in [6, 6.07) is 13.6. The van der Waals surface area contributed by atoms with Crippen LogP contribution in [0, 0.1) is 13.8 Å². The van der Waals surface area contributed by atoms with E-state index in [1.807, 2.05) is 61.3 Å². The molecule has 1 aliphatic heterocycles. The number of nitrogens with zero attached hydrogens (tertiary/aromatic N) is 5. The lowest BCUT2D eigenvalue weighted by atomic mass is 9.99. The van der Waals surface area contributed by atoms with Crippen molar-refractivity contribution in [2.75, 3.05) is 13.7 Å². The molecule has 0 aliphatic carbocycles. The number of benzene rings is 1. The minimum atomic E-state index is -0.0950. The number of pyridine rings is 1. The van der Waals surface area contributed by atoms with E-state index in [9.17, 15) is 4.79 Å². The van der Waals surface area contributed by atoms with Crippen LogP contribution in [-0.2, 0) is 6.42 Å². The van der Waals surface area contributed by atoms with Crippen LogP contribution in [0.25, 0.3) is 5.52 Å². The Labute approximate surface area is 199 Å². The van der Waals surface area contributed by atoms with Crippen LogP contribution in [0.5, 0.6) is 5.75 Å². The minimum absolute atomic E-state index is 0.0163. The van der Waals surface area contributed by atoms with Gasteiger partial charge in [-0.15, -0.1) is 0 Å². The zero-order chi connectivity index (χ0) is 23.7. The zero-order valence-electron chi connectivity index (χ0n) is 19.9. The third-order valence-electron chi connectivity index (χ3n) is 6.53. The van der Waals surface area contributed by atoms with Crippen LogP contribution in [0.2, 0.25) is 0 Å². The first-order chi connectivity index (χ1) is 16.5. The van der Waals surface area contributed by atoms with Crippen molar-refractivity contribution in [1.29, 1.82) is 0 Å². The van der Waals surface area contributed by atoms with Crippen LogP contribution in [0.1, 0.15) is 64.3 Å². The molecule has 1 amide bonds. The molecule has 3 aromatic heterocycles. The van der Waals surface area contributed by atoms with Gasteiger partial charge in [-0.3, -0.25) is 14.2 Å². The predicted molar refractivity (Wildman–Crippen MR) is 130 cm³/mol. The number of aryl methyl sites for hydroxylation is 2. The normalized spacial score (nSPS) is 16.1. The highest BCUT2D eigenvalue weighted by atomic mass is 16.5. The summed E-state index contributed by atoms with van der Waals surface area (Å²) >= 11 is 0. The Balaban J connectivity index is 1.47. The van der Waals surface area contributed by atoms with Gasteiger partial charge in [-0.1, -0.05) is 18.2 Å². The molecule has 1 fully saturated rings. The number of ether oxygens (including phenoxy) is 1. The van der Waals surface area contributed by atoms with E-state index >= 15 is 0 Å². The van der Waals surface area contributed by atoms with Gasteiger partial charge in [-0.05, 0) is 57.4 Å². The van der Waals surface area contributed by atoms with Crippen LogP contribution in [0.3, 0.4) is 0 Å². The van der Waals surface area contributed by atoms with Crippen LogP contribution >= 0.6 is 0 Å². The fraction of sp³-hybridized carbons (Fsp3) is 0.333. The van der Waals surface area contributed by atoms with Gasteiger partial charge in [-0.25, -0.2) is 9.97 Å². The molecule has 1 aliphatic rings. The molecule has 1 atom stereocenters. The fourth-order valence-electron chi connectivity index (χ4n) is 4.92. The summed E-state index contributed by atoms with van der Waals surface area (Å²) in [5.41, 5.74) is 4.48. The predicted octanol–water partition coefficient (Wildman–Crippen LogP) is 4.71. The topological polar surface area (TPSA) is 72.6 Å². The number of carbonyl (C=O) groups excluding carboxylic acids is 1. The van der Waals surface area contributed by atoms with E-state index in [-0.39, 0.29) is 11.9 Å². The van der Waals surface area contributed by atoms with Crippen molar-refractivity contribution in [3.63, 3.8) is 0 Å². The van der Waals surface area contributed by atoms with Crippen molar-refractivity contribution in [2.45, 2.75) is 45.6 Å². The SMILES string of the molecule is COc1ccccc1Cc1cc(C(=O)N2CCCC[C@H]2c2nc(C)cc3cnc(C)n23)ccn1. The quantitative estimate of drug-likeness (QED) is 0.436. The van der Waals surface area contributed by atoms with Crippen molar-refractivity contribution in [3.05, 3.63) is 89.0 Å². The summed E-state index contributed by atoms with van der Waals surface area (Å²) < 4.78 is 7.57. The number of fused-ring (bicyclic) bond motifs is 1. The maximum Gasteiger partial charge on any atom is 0.254 e. The highest BCUT2D eigenvalue weighted by Gasteiger charge is 2.32. The van der Waals surface area contributed by atoms with Gasteiger partial charge in [0.15, 0.2) is 0 Å². The number of aromatic nitrogens is 4. The van der Waals surface area contributed by atoms with Crippen LogP contribution < -0.4 is 4.74 Å². The number of carbonyl (C=O) groups is 1. The minimum Gasteiger partial charge on any atom is -0.496 e. The largest absolute Gasteiger partial charge is 0.496 e. The molecule has 0 unspecified atom stereocenters. The Morgan fingerprint density at radius 2 is 1.97 bits per heavy atom. The molecule has 1 saturated heterocycles. The molecule has 7 heteroatoms. The third kappa shape index (κ3) is 4.14. The second kappa shape index (κ2) is 9.25. The van der Waals surface area contributed by atoms with Gasteiger partial charge in [-0.2, -0.15) is 0 Å². The van der Waals surface area contributed by atoms with Crippen molar-refractivity contribution < 1.29 is 9.53 Å². The van der Waals surface area contributed by atoms with E-state index in [0.29, 0.717) is 18.5 Å². The van der Waals surface area contributed by atoms with E-state index in [1.54, 1.807) is 19.4 Å². The van der Waals surface area contributed by atoms with Gasteiger partial charge in [0.1, 0.15) is 17.4 Å². The third-order valence-corrected chi connectivity index (χ3v) is 6.53. The maximum atomic E-state index is 13.8. The summed E-state index contributed by atoms with van der Waals surface area (Å²) in [7, 11) is 1.67. The molecule has 1 aromatic carbocycles. The van der Waals surface area contributed by atoms with E-state index in [0.717, 1.165) is 59.1 Å². The van der Waals surface area contributed by atoms with E-state index in [4.69, 9.17) is 9.72 Å². The Morgan fingerprint density at radius 1 is 1.12 bits per heavy atom. The molecule has 5 rings (SSSR count). The molecule has 4 aromatic rings. The monoisotopic (exact) mass is 455 g/mol. The number of methoxy groups -OCH3 is 1. The lowest BCUT2D eigenvalue weighted by Crippen LogP contribution is -2.40. The Morgan fingerprint density at radius 3 is 2.82 bits per heavy atom. The van der Waals surface area contributed by atoms with Crippen molar-refractivity contribution >= 4 is 11.4 Å². The average molecular weight is 456 g/mol. The van der Waals surface area contributed by atoms with Crippen LogP contribution in [-0.4, -0.2) is 43.8 Å². The van der Waals surface area contributed by atoms with Crippen LogP contribution in [0.15, 0.2) is 54.9 Å². The molecule has 7 nitrogen and oxygen atoms in total. The van der Waals surface area contributed by atoms with Gasteiger partial charge in [0.25, 0.3) is 5.91 Å². The number of hydrogen-bond donors (Lipinski definition) is 0. The molecular formula is C27H29N5O2. The Hall–Kier alpha value is -3.74. The molecule has 0 bridgehead atoms. The number of imidazole rings is 1. The fourth-order valence-corrected chi connectivity index (χ4v) is 4.92. The molecule has 174 valence electrons.